The Kier molecular flexibility index (Phi) is 4.33. The van der Waals surface area contributed by atoms with E-state index in [1.807, 2.05) is 6.20 Å². The fraction of sp³-hybridized carbons (Fsp3) is 0.562. The van der Waals surface area contributed by atoms with E-state index in [2.05, 4.69) is 33.3 Å². The third-order valence-electron chi connectivity index (χ3n) is 4.35. The molecule has 1 fully saturated rings. The van der Waals surface area contributed by atoms with Gasteiger partial charge in [-0.15, -0.1) is 0 Å². The molecular formula is C16H23N3O. The topological polar surface area (TPSA) is 52.1 Å². The van der Waals surface area contributed by atoms with E-state index in [1.54, 1.807) is 0 Å². The van der Waals surface area contributed by atoms with Crippen molar-refractivity contribution in [2.75, 3.05) is 13.2 Å². The summed E-state index contributed by atoms with van der Waals surface area (Å²) in [6.07, 6.45) is 7.85. The van der Waals surface area contributed by atoms with Crippen molar-refractivity contribution in [2.45, 2.75) is 44.7 Å². The molecule has 4 heteroatoms. The van der Waals surface area contributed by atoms with Crippen LogP contribution in [0.2, 0.25) is 0 Å². The van der Waals surface area contributed by atoms with Gasteiger partial charge in [0, 0.05) is 24.6 Å². The summed E-state index contributed by atoms with van der Waals surface area (Å²) in [5.74, 6) is 0. The second kappa shape index (κ2) is 6.37. The van der Waals surface area contributed by atoms with Crippen LogP contribution in [0, 0.1) is 0 Å². The van der Waals surface area contributed by atoms with Crippen molar-refractivity contribution in [3.05, 3.63) is 30.0 Å². The zero-order valence-corrected chi connectivity index (χ0v) is 11.9. The SMILES string of the molecule is OCCC1CCCCCN1Cc1ccc2cn[nH]c2c1. The largest absolute Gasteiger partial charge is 0.396 e. The van der Waals surface area contributed by atoms with Gasteiger partial charge in [-0.3, -0.25) is 10.00 Å². The van der Waals surface area contributed by atoms with Crippen molar-refractivity contribution >= 4 is 10.9 Å². The highest BCUT2D eigenvalue weighted by Crippen LogP contribution is 2.22. The summed E-state index contributed by atoms with van der Waals surface area (Å²) in [6, 6.07) is 7.05. The van der Waals surface area contributed by atoms with Crippen LogP contribution in [0.1, 0.15) is 37.7 Å². The van der Waals surface area contributed by atoms with Gasteiger partial charge in [0.15, 0.2) is 0 Å². The van der Waals surface area contributed by atoms with E-state index in [0.717, 1.165) is 30.4 Å². The maximum atomic E-state index is 9.27. The molecule has 0 aliphatic carbocycles. The molecule has 2 heterocycles. The van der Waals surface area contributed by atoms with Crippen LogP contribution in [-0.4, -0.2) is 39.4 Å². The monoisotopic (exact) mass is 273 g/mol. The number of aromatic amines is 1. The smallest absolute Gasteiger partial charge is 0.0653 e. The molecule has 1 aromatic carbocycles. The Hall–Kier alpha value is -1.39. The summed E-state index contributed by atoms with van der Waals surface area (Å²) in [5.41, 5.74) is 2.43. The molecule has 1 atom stereocenters. The standard InChI is InChI=1S/C16H23N3O/c20-9-7-15-4-2-1-3-8-19(15)12-13-5-6-14-11-17-18-16(14)10-13/h5-6,10-11,15,20H,1-4,7-9,12H2,(H,17,18). The third kappa shape index (κ3) is 3.02. The maximum Gasteiger partial charge on any atom is 0.0653 e. The lowest BCUT2D eigenvalue weighted by Crippen LogP contribution is -2.35. The third-order valence-corrected chi connectivity index (χ3v) is 4.35. The Morgan fingerprint density at radius 1 is 1.30 bits per heavy atom. The highest BCUT2D eigenvalue weighted by Gasteiger charge is 2.20. The molecule has 1 unspecified atom stereocenters. The van der Waals surface area contributed by atoms with E-state index in [4.69, 9.17) is 0 Å². The molecule has 1 saturated heterocycles. The van der Waals surface area contributed by atoms with Crippen LogP contribution < -0.4 is 0 Å². The van der Waals surface area contributed by atoms with Gasteiger partial charge in [0.05, 0.1) is 11.7 Å². The molecule has 4 nitrogen and oxygen atoms in total. The Bertz CT molecular complexity index is 551. The Morgan fingerprint density at radius 2 is 2.25 bits per heavy atom. The number of aromatic nitrogens is 2. The first kappa shape index (κ1) is 13.6. The molecule has 2 aromatic rings. The summed E-state index contributed by atoms with van der Waals surface area (Å²) in [7, 11) is 0. The number of nitrogens with zero attached hydrogens (tertiary/aromatic N) is 2. The Morgan fingerprint density at radius 3 is 3.15 bits per heavy atom. The van der Waals surface area contributed by atoms with Crippen LogP contribution >= 0.6 is 0 Å². The number of H-pyrrole nitrogens is 1. The Balaban J connectivity index is 1.75. The minimum absolute atomic E-state index is 0.292. The van der Waals surface area contributed by atoms with Crippen LogP contribution in [0.25, 0.3) is 10.9 Å². The summed E-state index contributed by atoms with van der Waals surface area (Å²) in [4.78, 5) is 2.54. The highest BCUT2D eigenvalue weighted by molar-refractivity contribution is 5.78. The van der Waals surface area contributed by atoms with Gasteiger partial charge in [-0.05, 0) is 37.4 Å². The van der Waals surface area contributed by atoms with Crippen molar-refractivity contribution < 1.29 is 5.11 Å². The number of nitrogens with one attached hydrogen (secondary N) is 1. The molecule has 0 radical (unpaired) electrons. The van der Waals surface area contributed by atoms with Crippen molar-refractivity contribution in [3.8, 4) is 0 Å². The second-order valence-corrected chi connectivity index (χ2v) is 5.78. The van der Waals surface area contributed by atoms with E-state index >= 15 is 0 Å². The minimum atomic E-state index is 0.292. The van der Waals surface area contributed by atoms with E-state index in [1.165, 1.54) is 31.2 Å². The van der Waals surface area contributed by atoms with Crippen molar-refractivity contribution in [3.63, 3.8) is 0 Å². The zero-order valence-electron chi connectivity index (χ0n) is 11.9. The van der Waals surface area contributed by atoms with Crippen LogP contribution in [0.5, 0.6) is 0 Å². The first-order valence-corrected chi connectivity index (χ1v) is 7.64. The molecule has 20 heavy (non-hydrogen) atoms. The fourth-order valence-electron chi connectivity index (χ4n) is 3.24. The highest BCUT2D eigenvalue weighted by atomic mass is 16.3. The summed E-state index contributed by atoms with van der Waals surface area (Å²) in [5, 5.41) is 17.5. The van der Waals surface area contributed by atoms with Crippen LogP contribution in [0.4, 0.5) is 0 Å². The summed E-state index contributed by atoms with van der Waals surface area (Å²) in [6.45, 7) is 2.41. The molecule has 108 valence electrons. The molecule has 0 spiro atoms. The average molecular weight is 273 g/mol. The van der Waals surface area contributed by atoms with Gasteiger partial charge in [0.2, 0.25) is 0 Å². The van der Waals surface area contributed by atoms with E-state index < -0.39 is 0 Å². The molecule has 1 aromatic heterocycles. The minimum Gasteiger partial charge on any atom is -0.396 e. The first-order valence-electron chi connectivity index (χ1n) is 7.64. The Labute approximate surface area is 119 Å². The van der Waals surface area contributed by atoms with Crippen molar-refractivity contribution in [2.24, 2.45) is 0 Å². The van der Waals surface area contributed by atoms with Gasteiger partial charge < -0.3 is 5.11 Å². The van der Waals surface area contributed by atoms with Gasteiger partial charge >= 0.3 is 0 Å². The molecule has 0 bridgehead atoms. The quantitative estimate of drug-likeness (QED) is 0.900. The molecule has 2 N–H and O–H groups in total. The number of aliphatic hydroxyl groups is 1. The van der Waals surface area contributed by atoms with Crippen molar-refractivity contribution in [1.82, 2.24) is 15.1 Å². The molecule has 1 aliphatic heterocycles. The number of benzene rings is 1. The number of rotatable bonds is 4. The molecule has 1 aliphatic rings. The van der Waals surface area contributed by atoms with Gasteiger partial charge in [0.25, 0.3) is 0 Å². The zero-order chi connectivity index (χ0) is 13.8. The number of fused-ring (bicyclic) bond motifs is 1. The normalized spacial score (nSPS) is 21.1. The van der Waals surface area contributed by atoms with E-state index in [9.17, 15) is 5.11 Å². The summed E-state index contributed by atoms with van der Waals surface area (Å²) < 4.78 is 0. The lowest BCUT2D eigenvalue weighted by Gasteiger charge is -2.29. The van der Waals surface area contributed by atoms with Gasteiger partial charge in [0.1, 0.15) is 0 Å². The van der Waals surface area contributed by atoms with Crippen molar-refractivity contribution in [1.29, 1.82) is 0 Å². The molecule has 0 saturated carbocycles. The molecule has 0 amide bonds. The lowest BCUT2D eigenvalue weighted by molar-refractivity contribution is 0.152. The fourth-order valence-corrected chi connectivity index (χ4v) is 3.24. The number of hydrogen-bond donors (Lipinski definition) is 2. The van der Waals surface area contributed by atoms with Crippen LogP contribution in [-0.2, 0) is 6.54 Å². The summed E-state index contributed by atoms with van der Waals surface area (Å²) >= 11 is 0. The molecular weight excluding hydrogens is 250 g/mol. The van der Waals surface area contributed by atoms with Crippen LogP contribution in [0.15, 0.2) is 24.4 Å². The average Bonchev–Trinajstić information content (AvgIpc) is 2.82. The first-order chi connectivity index (χ1) is 9.86. The van der Waals surface area contributed by atoms with Gasteiger partial charge in [-0.25, -0.2) is 0 Å². The second-order valence-electron chi connectivity index (χ2n) is 5.78. The maximum absolute atomic E-state index is 9.27. The van der Waals surface area contributed by atoms with Gasteiger partial charge in [-0.1, -0.05) is 25.0 Å². The number of aliphatic hydroxyl groups excluding tert-OH is 1. The van der Waals surface area contributed by atoms with E-state index in [-0.39, 0.29) is 0 Å². The van der Waals surface area contributed by atoms with E-state index in [0.29, 0.717) is 12.6 Å². The molecule has 3 rings (SSSR count). The number of likely N-dealkylation sites (tertiary alicyclic amines) is 1. The number of hydrogen-bond acceptors (Lipinski definition) is 3. The predicted octanol–water partition coefficient (Wildman–Crippen LogP) is 2.69. The predicted molar refractivity (Wildman–Crippen MR) is 80.5 cm³/mol. The van der Waals surface area contributed by atoms with Crippen LogP contribution in [0.3, 0.4) is 0 Å². The lowest BCUT2D eigenvalue weighted by atomic mass is 10.1. The van der Waals surface area contributed by atoms with Gasteiger partial charge in [-0.2, -0.15) is 5.10 Å².